The lowest BCUT2D eigenvalue weighted by Gasteiger charge is -2.30. The fourth-order valence-electron chi connectivity index (χ4n) is 3.17. The molecule has 0 bridgehead atoms. The molecule has 0 saturated heterocycles. The molecular formula is C21H21F2N3O4S. The Kier molecular flexibility index (Phi) is 6.91. The molecule has 2 aromatic rings. The van der Waals surface area contributed by atoms with E-state index in [-0.39, 0.29) is 17.4 Å². The molecule has 0 saturated carbocycles. The number of rotatable bonds is 7. The van der Waals surface area contributed by atoms with Crippen molar-refractivity contribution in [2.45, 2.75) is 19.6 Å². The summed E-state index contributed by atoms with van der Waals surface area (Å²) in [6, 6.07) is 10.7. The van der Waals surface area contributed by atoms with Gasteiger partial charge in [-0.25, -0.2) is 0 Å². The second-order valence-electron chi connectivity index (χ2n) is 6.54. The van der Waals surface area contributed by atoms with Gasteiger partial charge in [-0.2, -0.15) is 8.78 Å². The van der Waals surface area contributed by atoms with Gasteiger partial charge in [-0.15, -0.1) is 0 Å². The number of benzene rings is 2. The number of carbonyl (C=O) groups excluding carboxylic acids is 1. The van der Waals surface area contributed by atoms with Gasteiger partial charge in [0.25, 0.3) is 5.91 Å². The molecule has 1 heterocycles. The zero-order valence-corrected chi connectivity index (χ0v) is 17.8. The van der Waals surface area contributed by atoms with Crippen molar-refractivity contribution in [1.29, 1.82) is 0 Å². The zero-order valence-electron chi connectivity index (χ0n) is 17.0. The van der Waals surface area contributed by atoms with E-state index in [4.69, 9.17) is 21.7 Å². The molecule has 1 unspecified atom stereocenters. The number of hydrogen-bond donors (Lipinski definition) is 3. The van der Waals surface area contributed by atoms with Crippen molar-refractivity contribution in [3.8, 4) is 17.2 Å². The van der Waals surface area contributed by atoms with Gasteiger partial charge < -0.3 is 30.2 Å². The minimum Gasteiger partial charge on any atom is -0.497 e. The number of ether oxygens (including phenoxy) is 3. The van der Waals surface area contributed by atoms with Crippen molar-refractivity contribution in [2.75, 3.05) is 19.5 Å². The molecule has 1 aliphatic heterocycles. The number of carbonyl (C=O) groups is 1. The van der Waals surface area contributed by atoms with Gasteiger partial charge in [-0.1, -0.05) is 6.07 Å². The summed E-state index contributed by atoms with van der Waals surface area (Å²) in [7, 11) is 2.90. The van der Waals surface area contributed by atoms with Crippen molar-refractivity contribution >= 4 is 28.9 Å². The molecule has 1 atom stereocenters. The van der Waals surface area contributed by atoms with E-state index in [1.54, 1.807) is 44.4 Å². The molecule has 31 heavy (non-hydrogen) atoms. The van der Waals surface area contributed by atoms with Crippen LogP contribution in [0.25, 0.3) is 0 Å². The summed E-state index contributed by atoms with van der Waals surface area (Å²) in [5.74, 6) is 0.303. The van der Waals surface area contributed by atoms with Crippen LogP contribution in [0.1, 0.15) is 18.5 Å². The zero-order chi connectivity index (χ0) is 22.5. The van der Waals surface area contributed by atoms with Crippen LogP contribution in [0.2, 0.25) is 0 Å². The lowest BCUT2D eigenvalue weighted by atomic mass is 9.94. The van der Waals surface area contributed by atoms with Crippen molar-refractivity contribution < 1.29 is 27.8 Å². The molecule has 7 nitrogen and oxygen atoms in total. The lowest BCUT2D eigenvalue weighted by Crippen LogP contribution is -2.45. The Morgan fingerprint density at radius 1 is 1.10 bits per heavy atom. The van der Waals surface area contributed by atoms with Crippen LogP contribution in [0.3, 0.4) is 0 Å². The van der Waals surface area contributed by atoms with E-state index in [1.807, 2.05) is 0 Å². The number of amides is 1. The third kappa shape index (κ3) is 5.21. The Morgan fingerprint density at radius 3 is 2.42 bits per heavy atom. The molecule has 0 aliphatic carbocycles. The van der Waals surface area contributed by atoms with E-state index < -0.39 is 12.7 Å². The summed E-state index contributed by atoms with van der Waals surface area (Å²) in [5, 5.41) is 9.16. The molecule has 0 aromatic heterocycles. The largest absolute Gasteiger partial charge is 0.497 e. The van der Waals surface area contributed by atoms with E-state index in [9.17, 15) is 13.6 Å². The first-order chi connectivity index (χ1) is 14.8. The number of allylic oxidation sites excluding steroid dienone is 1. The number of thiocarbonyl (C=S) groups is 1. The van der Waals surface area contributed by atoms with Crippen LogP contribution in [-0.2, 0) is 4.79 Å². The fraction of sp³-hybridized carbons (Fsp3) is 0.238. The number of hydrogen-bond acceptors (Lipinski definition) is 5. The second-order valence-corrected chi connectivity index (χ2v) is 6.95. The highest BCUT2D eigenvalue weighted by Gasteiger charge is 2.30. The maximum Gasteiger partial charge on any atom is 0.387 e. The monoisotopic (exact) mass is 449 g/mol. The maximum absolute atomic E-state index is 13.1. The Balaban J connectivity index is 1.93. The van der Waals surface area contributed by atoms with Gasteiger partial charge in [0, 0.05) is 11.4 Å². The van der Waals surface area contributed by atoms with Gasteiger partial charge in [0.05, 0.1) is 25.8 Å². The van der Waals surface area contributed by atoms with E-state index in [1.165, 1.54) is 19.2 Å². The first-order valence-corrected chi connectivity index (χ1v) is 9.59. The van der Waals surface area contributed by atoms with Crippen molar-refractivity contribution in [1.82, 2.24) is 10.6 Å². The molecule has 1 amide bonds. The molecule has 0 fully saturated rings. The van der Waals surface area contributed by atoms with Gasteiger partial charge in [0.2, 0.25) is 0 Å². The van der Waals surface area contributed by atoms with Crippen LogP contribution < -0.4 is 30.2 Å². The Bertz CT molecular complexity index is 1010. The number of alkyl halides is 2. The molecule has 10 heteroatoms. The van der Waals surface area contributed by atoms with Gasteiger partial charge in [0.1, 0.15) is 5.75 Å². The lowest BCUT2D eigenvalue weighted by molar-refractivity contribution is -0.113. The van der Waals surface area contributed by atoms with Crippen molar-refractivity contribution in [3.63, 3.8) is 0 Å². The van der Waals surface area contributed by atoms with Crippen LogP contribution in [-0.4, -0.2) is 31.9 Å². The van der Waals surface area contributed by atoms with Crippen molar-refractivity contribution in [3.05, 3.63) is 59.3 Å². The maximum atomic E-state index is 13.1. The molecule has 164 valence electrons. The summed E-state index contributed by atoms with van der Waals surface area (Å²) in [5.41, 5.74) is 2.11. The summed E-state index contributed by atoms with van der Waals surface area (Å²) >= 11 is 5.24. The normalized spacial score (nSPS) is 15.8. The Morgan fingerprint density at radius 2 is 1.81 bits per heavy atom. The fourth-order valence-corrected chi connectivity index (χ4v) is 3.45. The molecule has 1 aliphatic rings. The van der Waals surface area contributed by atoms with Gasteiger partial charge in [0.15, 0.2) is 16.6 Å². The number of nitrogens with one attached hydrogen (secondary N) is 3. The highest BCUT2D eigenvalue weighted by atomic mass is 32.1. The third-order valence-corrected chi connectivity index (χ3v) is 4.82. The van der Waals surface area contributed by atoms with E-state index in [0.29, 0.717) is 33.4 Å². The molecule has 2 aromatic carbocycles. The van der Waals surface area contributed by atoms with Crippen molar-refractivity contribution in [2.24, 2.45) is 0 Å². The Hall–Kier alpha value is -3.40. The molecule has 3 rings (SSSR count). The van der Waals surface area contributed by atoms with E-state index in [0.717, 1.165) is 0 Å². The minimum absolute atomic E-state index is 0.108. The topological polar surface area (TPSA) is 80.9 Å². The van der Waals surface area contributed by atoms with Crippen LogP contribution in [0.5, 0.6) is 17.2 Å². The van der Waals surface area contributed by atoms with Gasteiger partial charge in [-0.3, -0.25) is 4.79 Å². The van der Waals surface area contributed by atoms with Gasteiger partial charge >= 0.3 is 6.61 Å². The predicted molar refractivity (Wildman–Crippen MR) is 116 cm³/mol. The van der Waals surface area contributed by atoms with Crippen LogP contribution >= 0.6 is 12.2 Å². The average Bonchev–Trinajstić information content (AvgIpc) is 2.73. The summed E-state index contributed by atoms with van der Waals surface area (Å²) in [6.45, 7) is -1.26. The number of anilines is 1. The van der Waals surface area contributed by atoms with E-state index in [2.05, 4.69) is 20.7 Å². The smallest absolute Gasteiger partial charge is 0.387 e. The molecular weight excluding hydrogens is 428 g/mol. The first kappa shape index (κ1) is 22.3. The quantitative estimate of drug-likeness (QED) is 0.556. The van der Waals surface area contributed by atoms with Crippen LogP contribution in [0.15, 0.2) is 53.7 Å². The third-order valence-electron chi connectivity index (χ3n) is 4.60. The minimum atomic E-state index is -2.99. The molecule has 0 radical (unpaired) electrons. The van der Waals surface area contributed by atoms with Crippen LogP contribution in [0, 0.1) is 0 Å². The van der Waals surface area contributed by atoms with E-state index >= 15 is 0 Å². The molecule has 0 spiro atoms. The Labute approximate surface area is 183 Å². The standard InChI is InChI=1S/C21H21F2N3O4S/c1-11-17(19(27)25-13-5-7-14(28-2)8-6-13)18(26-21(31)24-11)12-4-9-15(30-20(22)23)16(10-12)29-3/h4-10,18,20H,1-3H3,(H,25,27)(H2,24,26,31). The highest BCUT2D eigenvalue weighted by molar-refractivity contribution is 7.80. The SMILES string of the molecule is COc1ccc(NC(=O)C2=C(C)NC(=S)NC2c2ccc(OC(F)F)c(OC)c2)cc1. The second kappa shape index (κ2) is 9.61. The first-order valence-electron chi connectivity index (χ1n) is 9.18. The predicted octanol–water partition coefficient (Wildman–Crippen LogP) is 3.74. The number of methoxy groups -OCH3 is 2. The summed E-state index contributed by atoms with van der Waals surface area (Å²) < 4.78 is 40.0. The molecule has 3 N–H and O–H groups in total. The summed E-state index contributed by atoms with van der Waals surface area (Å²) in [4.78, 5) is 13.1. The highest BCUT2D eigenvalue weighted by Crippen LogP contribution is 2.35. The average molecular weight is 449 g/mol. The number of halogens is 2. The van der Waals surface area contributed by atoms with Crippen LogP contribution in [0.4, 0.5) is 14.5 Å². The summed E-state index contributed by atoms with van der Waals surface area (Å²) in [6.07, 6.45) is 0. The van der Waals surface area contributed by atoms with Gasteiger partial charge in [-0.05, 0) is 61.1 Å².